The lowest BCUT2D eigenvalue weighted by atomic mass is 10.2. The Bertz CT molecular complexity index is 287. The Morgan fingerprint density at radius 1 is 1.43 bits per heavy atom. The van der Waals surface area contributed by atoms with E-state index in [9.17, 15) is 0 Å². The number of benzene rings is 1. The van der Waals surface area contributed by atoms with E-state index in [2.05, 4.69) is 13.0 Å². The van der Waals surface area contributed by atoms with E-state index in [4.69, 9.17) is 9.84 Å². The van der Waals surface area contributed by atoms with E-state index < -0.39 is 0 Å². The molecular weight excluding hydrogens is 196 g/mol. The topological polar surface area (TPSA) is 29.5 Å². The van der Waals surface area contributed by atoms with Crippen LogP contribution in [0.1, 0.15) is 12.0 Å². The van der Waals surface area contributed by atoms with E-state index in [1.807, 2.05) is 12.1 Å². The zero-order valence-corrected chi connectivity index (χ0v) is 9.43. The lowest BCUT2D eigenvalue weighted by molar-refractivity contribution is 0.296. The first kappa shape index (κ1) is 11.4. The lowest BCUT2D eigenvalue weighted by Gasteiger charge is -2.06. The highest BCUT2D eigenvalue weighted by molar-refractivity contribution is 7.99. The van der Waals surface area contributed by atoms with Gasteiger partial charge in [-0.05, 0) is 37.1 Å². The van der Waals surface area contributed by atoms with Gasteiger partial charge in [-0.3, -0.25) is 0 Å². The van der Waals surface area contributed by atoms with E-state index >= 15 is 0 Å². The van der Waals surface area contributed by atoms with Gasteiger partial charge >= 0.3 is 0 Å². The van der Waals surface area contributed by atoms with E-state index in [0.29, 0.717) is 0 Å². The van der Waals surface area contributed by atoms with Gasteiger partial charge < -0.3 is 9.84 Å². The van der Waals surface area contributed by atoms with Crippen molar-refractivity contribution in [1.82, 2.24) is 0 Å². The number of thioether (sulfide) groups is 1. The van der Waals surface area contributed by atoms with Crippen molar-refractivity contribution in [1.29, 1.82) is 0 Å². The third-order valence-electron chi connectivity index (χ3n) is 1.94. The summed E-state index contributed by atoms with van der Waals surface area (Å²) in [6.07, 6.45) is 0.843. The molecule has 0 saturated carbocycles. The molecule has 1 rings (SSSR count). The number of hydrogen-bond donors (Lipinski definition) is 1. The number of rotatable bonds is 5. The molecule has 14 heavy (non-hydrogen) atoms. The van der Waals surface area contributed by atoms with Gasteiger partial charge in [0.25, 0.3) is 0 Å². The van der Waals surface area contributed by atoms with Crippen molar-refractivity contribution in [3.63, 3.8) is 0 Å². The SMILES string of the molecule is COc1ccc(SCCCO)c(C)c1. The second-order valence-corrected chi connectivity index (χ2v) is 4.19. The van der Waals surface area contributed by atoms with Crippen LogP contribution in [0.4, 0.5) is 0 Å². The van der Waals surface area contributed by atoms with Crippen LogP contribution in [0, 0.1) is 6.92 Å². The van der Waals surface area contributed by atoms with Crippen LogP contribution in [0.3, 0.4) is 0 Å². The molecule has 78 valence electrons. The standard InChI is InChI=1S/C11H16O2S/c1-9-8-10(13-2)4-5-11(9)14-7-3-6-12/h4-5,8,12H,3,6-7H2,1-2H3. The summed E-state index contributed by atoms with van der Waals surface area (Å²) in [7, 11) is 1.67. The smallest absolute Gasteiger partial charge is 0.119 e. The monoisotopic (exact) mass is 212 g/mol. The van der Waals surface area contributed by atoms with Crippen LogP contribution < -0.4 is 4.74 Å². The highest BCUT2D eigenvalue weighted by Crippen LogP contribution is 2.26. The van der Waals surface area contributed by atoms with Crippen molar-refractivity contribution in [2.75, 3.05) is 19.5 Å². The van der Waals surface area contributed by atoms with Crippen LogP contribution in [-0.2, 0) is 0 Å². The summed E-state index contributed by atoms with van der Waals surface area (Å²) < 4.78 is 5.13. The fourth-order valence-corrected chi connectivity index (χ4v) is 2.10. The summed E-state index contributed by atoms with van der Waals surface area (Å²) in [5.74, 6) is 1.86. The molecule has 0 atom stereocenters. The minimum Gasteiger partial charge on any atom is -0.497 e. The number of aryl methyl sites for hydroxylation is 1. The van der Waals surface area contributed by atoms with Gasteiger partial charge in [0.05, 0.1) is 7.11 Å². The molecule has 1 aromatic carbocycles. The molecule has 0 saturated heterocycles. The quantitative estimate of drug-likeness (QED) is 0.600. The third-order valence-corrected chi connectivity index (χ3v) is 3.20. The summed E-state index contributed by atoms with van der Waals surface area (Å²) in [5, 5.41) is 8.66. The molecule has 1 N–H and O–H groups in total. The Hall–Kier alpha value is -0.670. The molecule has 0 aliphatic carbocycles. The van der Waals surface area contributed by atoms with Crippen molar-refractivity contribution in [3.8, 4) is 5.75 Å². The van der Waals surface area contributed by atoms with E-state index in [1.165, 1.54) is 10.5 Å². The highest BCUT2D eigenvalue weighted by atomic mass is 32.2. The first-order valence-electron chi connectivity index (χ1n) is 4.66. The predicted octanol–water partition coefficient (Wildman–Crippen LogP) is 2.48. The molecule has 0 amide bonds. The number of aliphatic hydroxyl groups is 1. The number of methoxy groups -OCH3 is 1. The predicted molar refractivity (Wildman–Crippen MR) is 60.2 cm³/mol. The van der Waals surface area contributed by atoms with E-state index in [1.54, 1.807) is 18.9 Å². The molecule has 1 aromatic rings. The van der Waals surface area contributed by atoms with Gasteiger partial charge in [0.1, 0.15) is 5.75 Å². The summed E-state index contributed by atoms with van der Waals surface area (Å²) in [6.45, 7) is 2.34. The maximum atomic E-state index is 8.66. The Balaban J connectivity index is 2.59. The molecule has 0 unspecified atom stereocenters. The van der Waals surface area contributed by atoms with Crippen molar-refractivity contribution >= 4 is 11.8 Å². The van der Waals surface area contributed by atoms with Gasteiger partial charge in [-0.2, -0.15) is 0 Å². The second-order valence-electron chi connectivity index (χ2n) is 3.06. The average molecular weight is 212 g/mol. The molecule has 0 bridgehead atoms. The molecule has 0 aromatic heterocycles. The third kappa shape index (κ3) is 3.24. The van der Waals surface area contributed by atoms with E-state index in [0.717, 1.165) is 17.9 Å². The van der Waals surface area contributed by atoms with Crippen LogP contribution in [-0.4, -0.2) is 24.6 Å². The molecule has 0 spiro atoms. The first-order chi connectivity index (χ1) is 6.77. The fraction of sp³-hybridized carbons (Fsp3) is 0.455. The maximum absolute atomic E-state index is 8.66. The summed E-state index contributed by atoms with van der Waals surface area (Å²) >= 11 is 1.78. The molecule has 0 fully saturated rings. The van der Waals surface area contributed by atoms with Crippen molar-refractivity contribution < 1.29 is 9.84 Å². The highest BCUT2D eigenvalue weighted by Gasteiger charge is 2.00. The normalized spacial score (nSPS) is 10.2. The molecule has 2 nitrogen and oxygen atoms in total. The Kier molecular flexibility index (Phi) is 4.84. The van der Waals surface area contributed by atoms with Crippen LogP contribution in [0.15, 0.2) is 23.1 Å². The van der Waals surface area contributed by atoms with Crippen molar-refractivity contribution in [3.05, 3.63) is 23.8 Å². The largest absolute Gasteiger partial charge is 0.497 e. The Labute approximate surface area is 89.3 Å². The van der Waals surface area contributed by atoms with Crippen LogP contribution in [0.2, 0.25) is 0 Å². The first-order valence-corrected chi connectivity index (χ1v) is 5.65. The Morgan fingerprint density at radius 2 is 2.21 bits per heavy atom. The number of aliphatic hydroxyl groups excluding tert-OH is 1. The molecule has 0 aliphatic rings. The zero-order chi connectivity index (χ0) is 10.4. The molecule has 0 aliphatic heterocycles. The van der Waals surface area contributed by atoms with Gasteiger partial charge in [0.2, 0.25) is 0 Å². The van der Waals surface area contributed by atoms with Gasteiger partial charge in [-0.25, -0.2) is 0 Å². The molecular formula is C11H16O2S. The fourth-order valence-electron chi connectivity index (χ4n) is 1.16. The van der Waals surface area contributed by atoms with Crippen LogP contribution >= 0.6 is 11.8 Å². The molecule has 0 heterocycles. The summed E-state index contributed by atoms with van der Waals surface area (Å²) in [4.78, 5) is 1.26. The minimum atomic E-state index is 0.266. The van der Waals surface area contributed by atoms with Crippen molar-refractivity contribution in [2.24, 2.45) is 0 Å². The van der Waals surface area contributed by atoms with Crippen molar-refractivity contribution in [2.45, 2.75) is 18.2 Å². The van der Waals surface area contributed by atoms with Gasteiger partial charge in [0.15, 0.2) is 0 Å². The summed E-state index contributed by atoms with van der Waals surface area (Å²) in [6, 6.07) is 6.06. The minimum absolute atomic E-state index is 0.266. The lowest BCUT2D eigenvalue weighted by Crippen LogP contribution is -1.88. The molecule has 0 radical (unpaired) electrons. The van der Waals surface area contributed by atoms with Gasteiger partial charge in [0, 0.05) is 17.3 Å². The second kappa shape index (κ2) is 5.94. The van der Waals surface area contributed by atoms with Crippen LogP contribution in [0.5, 0.6) is 5.75 Å². The van der Waals surface area contributed by atoms with Gasteiger partial charge in [-0.15, -0.1) is 11.8 Å². The van der Waals surface area contributed by atoms with Crippen LogP contribution in [0.25, 0.3) is 0 Å². The van der Waals surface area contributed by atoms with E-state index in [-0.39, 0.29) is 6.61 Å². The Morgan fingerprint density at radius 3 is 2.79 bits per heavy atom. The zero-order valence-electron chi connectivity index (χ0n) is 8.62. The number of hydrogen-bond acceptors (Lipinski definition) is 3. The average Bonchev–Trinajstić information content (AvgIpc) is 2.20. The maximum Gasteiger partial charge on any atom is 0.119 e. The number of ether oxygens (including phenoxy) is 1. The van der Waals surface area contributed by atoms with Gasteiger partial charge in [-0.1, -0.05) is 0 Å². The summed E-state index contributed by atoms with van der Waals surface area (Å²) in [5.41, 5.74) is 1.23. The molecule has 3 heteroatoms.